The van der Waals surface area contributed by atoms with Crippen LogP contribution in [0, 0.1) is 10.8 Å². The molecule has 2 atom stereocenters. The van der Waals surface area contributed by atoms with Gasteiger partial charge in [-0.3, -0.25) is 0 Å². The van der Waals surface area contributed by atoms with Crippen LogP contribution in [0.4, 0.5) is 0 Å². The first kappa shape index (κ1) is 14.6. The van der Waals surface area contributed by atoms with Crippen molar-refractivity contribution < 1.29 is 0 Å². The van der Waals surface area contributed by atoms with Crippen molar-refractivity contribution in [1.82, 2.24) is 0 Å². The van der Waals surface area contributed by atoms with Crippen molar-refractivity contribution in [1.29, 1.82) is 0 Å². The van der Waals surface area contributed by atoms with Crippen LogP contribution in [-0.2, 0) is 0 Å². The lowest BCUT2D eigenvalue weighted by atomic mass is 9.64. The Labute approximate surface area is 123 Å². The van der Waals surface area contributed by atoms with Gasteiger partial charge < -0.3 is 0 Å². The summed E-state index contributed by atoms with van der Waals surface area (Å²) in [4.78, 5) is 0. The van der Waals surface area contributed by atoms with Gasteiger partial charge in [-0.15, -0.1) is 6.58 Å². The Hall–Kier alpha value is -1.82. The summed E-state index contributed by atoms with van der Waals surface area (Å²) in [5.74, 6) is 0. The van der Waals surface area contributed by atoms with E-state index in [4.69, 9.17) is 0 Å². The molecular weight excluding hydrogens is 240 g/mol. The molecule has 0 saturated heterocycles. The number of allylic oxidation sites excluding steroid dienone is 7. The van der Waals surface area contributed by atoms with Gasteiger partial charge in [-0.2, -0.15) is 0 Å². The van der Waals surface area contributed by atoms with Gasteiger partial charge in [-0.05, 0) is 23.0 Å². The summed E-state index contributed by atoms with van der Waals surface area (Å²) in [6.45, 7) is 10.8. The van der Waals surface area contributed by atoms with Gasteiger partial charge in [0.2, 0.25) is 0 Å². The highest BCUT2D eigenvalue weighted by Gasteiger charge is 2.37. The van der Waals surface area contributed by atoms with Gasteiger partial charge in [-0.25, -0.2) is 0 Å². The molecule has 0 radical (unpaired) electrons. The molecule has 1 aromatic carbocycles. The third-order valence-electron chi connectivity index (χ3n) is 4.85. The summed E-state index contributed by atoms with van der Waals surface area (Å²) >= 11 is 0. The van der Waals surface area contributed by atoms with Crippen LogP contribution in [0.5, 0.6) is 0 Å². The lowest BCUT2D eigenvalue weighted by Crippen LogP contribution is -2.32. The van der Waals surface area contributed by atoms with E-state index in [0.29, 0.717) is 0 Å². The quantitative estimate of drug-likeness (QED) is 0.602. The topological polar surface area (TPSA) is 0 Å². The smallest absolute Gasteiger partial charge is 0.0127 e. The standard InChI is InChI=1S/C20H24/c1-5-19(3,6-2)20(4)15-10-13-18(14-16-20)17-11-8-7-9-12-17/h5,7-16H,1,6H2,2-4H3. The lowest BCUT2D eigenvalue weighted by Gasteiger charge is -2.40. The molecular formula is C20H24. The predicted octanol–water partition coefficient (Wildman–Crippen LogP) is 5.80. The van der Waals surface area contributed by atoms with E-state index in [0.717, 1.165) is 6.42 Å². The molecule has 1 aliphatic carbocycles. The Morgan fingerprint density at radius 1 is 1.20 bits per heavy atom. The van der Waals surface area contributed by atoms with Gasteiger partial charge in [0.25, 0.3) is 0 Å². The highest BCUT2D eigenvalue weighted by atomic mass is 14.4. The minimum Gasteiger partial charge on any atom is -0.102 e. The van der Waals surface area contributed by atoms with Gasteiger partial charge in [0.05, 0.1) is 0 Å². The summed E-state index contributed by atoms with van der Waals surface area (Å²) < 4.78 is 0. The number of rotatable bonds is 4. The number of benzene rings is 1. The molecule has 0 aliphatic heterocycles. The third-order valence-corrected chi connectivity index (χ3v) is 4.85. The molecule has 0 N–H and O–H groups in total. The molecule has 1 aliphatic rings. The van der Waals surface area contributed by atoms with Crippen LogP contribution in [-0.4, -0.2) is 0 Å². The van der Waals surface area contributed by atoms with E-state index in [-0.39, 0.29) is 10.8 Å². The van der Waals surface area contributed by atoms with Gasteiger partial charge in [0.15, 0.2) is 0 Å². The second-order valence-electron chi connectivity index (χ2n) is 5.94. The van der Waals surface area contributed by atoms with Gasteiger partial charge in [0, 0.05) is 5.41 Å². The van der Waals surface area contributed by atoms with Crippen LogP contribution in [0.1, 0.15) is 32.8 Å². The molecule has 0 saturated carbocycles. The maximum Gasteiger partial charge on any atom is 0.0127 e. The summed E-state index contributed by atoms with van der Waals surface area (Å²) in [6.07, 6.45) is 14.4. The van der Waals surface area contributed by atoms with E-state index in [1.807, 2.05) is 0 Å². The van der Waals surface area contributed by atoms with E-state index < -0.39 is 0 Å². The maximum absolute atomic E-state index is 4.05. The van der Waals surface area contributed by atoms with Crippen molar-refractivity contribution >= 4 is 5.57 Å². The molecule has 0 nitrogen and oxygen atoms in total. The van der Waals surface area contributed by atoms with E-state index >= 15 is 0 Å². The Morgan fingerprint density at radius 3 is 2.50 bits per heavy atom. The molecule has 0 bridgehead atoms. The fourth-order valence-electron chi connectivity index (χ4n) is 2.67. The molecule has 0 heteroatoms. The Kier molecular flexibility index (Phi) is 4.13. The molecule has 0 spiro atoms. The minimum absolute atomic E-state index is 0.00344. The Bertz CT molecular complexity index is 559. The zero-order valence-corrected chi connectivity index (χ0v) is 12.8. The fourth-order valence-corrected chi connectivity index (χ4v) is 2.67. The summed E-state index contributed by atoms with van der Waals surface area (Å²) in [5.41, 5.74) is 2.58. The van der Waals surface area contributed by atoms with Gasteiger partial charge in [-0.1, -0.05) is 87.6 Å². The largest absolute Gasteiger partial charge is 0.102 e. The molecule has 0 fully saturated rings. The first-order chi connectivity index (χ1) is 9.54. The van der Waals surface area contributed by atoms with E-state index in [1.54, 1.807) is 0 Å². The van der Waals surface area contributed by atoms with Crippen molar-refractivity contribution in [3.05, 3.63) is 78.9 Å². The van der Waals surface area contributed by atoms with Gasteiger partial charge >= 0.3 is 0 Å². The molecule has 0 aromatic heterocycles. The third kappa shape index (κ3) is 2.56. The van der Waals surface area contributed by atoms with Crippen LogP contribution < -0.4 is 0 Å². The van der Waals surface area contributed by atoms with Crippen LogP contribution in [0.15, 0.2) is 73.4 Å². The fraction of sp³-hybridized carbons (Fsp3) is 0.300. The molecule has 2 rings (SSSR count). The minimum atomic E-state index is -0.00344. The van der Waals surface area contributed by atoms with E-state index in [2.05, 4.69) is 94.1 Å². The zero-order chi connectivity index (χ0) is 14.6. The van der Waals surface area contributed by atoms with Crippen molar-refractivity contribution in [2.24, 2.45) is 10.8 Å². The summed E-state index contributed by atoms with van der Waals surface area (Å²) in [5, 5.41) is 0. The van der Waals surface area contributed by atoms with Crippen LogP contribution >= 0.6 is 0 Å². The van der Waals surface area contributed by atoms with Crippen molar-refractivity contribution in [2.75, 3.05) is 0 Å². The molecule has 20 heavy (non-hydrogen) atoms. The highest BCUT2D eigenvalue weighted by Crippen LogP contribution is 2.46. The maximum atomic E-state index is 4.05. The van der Waals surface area contributed by atoms with Gasteiger partial charge in [0.1, 0.15) is 0 Å². The zero-order valence-electron chi connectivity index (χ0n) is 12.8. The van der Waals surface area contributed by atoms with Crippen molar-refractivity contribution in [3.8, 4) is 0 Å². The van der Waals surface area contributed by atoms with E-state index in [1.165, 1.54) is 11.1 Å². The van der Waals surface area contributed by atoms with Crippen molar-refractivity contribution in [2.45, 2.75) is 27.2 Å². The van der Waals surface area contributed by atoms with Crippen LogP contribution in [0.2, 0.25) is 0 Å². The Morgan fingerprint density at radius 2 is 1.90 bits per heavy atom. The van der Waals surface area contributed by atoms with Crippen molar-refractivity contribution in [3.63, 3.8) is 0 Å². The van der Waals surface area contributed by atoms with Crippen LogP contribution in [0.3, 0.4) is 0 Å². The second-order valence-corrected chi connectivity index (χ2v) is 5.94. The summed E-state index contributed by atoms with van der Waals surface area (Å²) in [7, 11) is 0. The van der Waals surface area contributed by atoms with Crippen LogP contribution in [0.25, 0.3) is 5.57 Å². The monoisotopic (exact) mass is 264 g/mol. The average molecular weight is 264 g/mol. The molecule has 0 amide bonds. The normalized spacial score (nSPS) is 24.6. The Balaban J connectivity index is 2.37. The molecule has 0 heterocycles. The number of hydrogen-bond donors (Lipinski definition) is 0. The number of hydrogen-bond acceptors (Lipinski definition) is 0. The first-order valence-electron chi connectivity index (χ1n) is 7.32. The first-order valence-corrected chi connectivity index (χ1v) is 7.32. The highest BCUT2D eigenvalue weighted by molar-refractivity contribution is 5.76. The lowest BCUT2D eigenvalue weighted by molar-refractivity contribution is 0.234. The SMILES string of the molecule is C=CC(C)(CC)C1(C)C=CC=C(c2ccccc2)C=C1. The predicted molar refractivity (Wildman–Crippen MR) is 89.4 cm³/mol. The molecule has 2 unspecified atom stereocenters. The molecule has 104 valence electrons. The second kappa shape index (κ2) is 5.66. The average Bonchev–Trinajstić information content (AvgIpc) is 2.70. The molecule has 1 aromatic rings. The van der Waals surface area contributed by atoms with E-state index in [9.17, 15) is 0 Å². The summed E-state index contributed by atoms with van der Waals surface area (Å²) in [6, 6.07) is 10.5.